The summed E-state index contributed by atoms with van der Waals surface area (Å²) in [5.41, 5.74) is 3.19. The number of hydrogen-bond donors (Lipinski definition) is 2. The third kappa shape index (κ3) is 4.61. The third-order valence-electron chi connectivity index (χ3n) is 5.07. The van der Waals surface area contributed by atoms with Crippen molar-refractivity contribution < 1.29 is 9.53 Å². The van der Waals surface area contributed by atoms with Crippen LogP contribution in [0.1, 0.15) is 33.4 Å². The van der Waals surface area contributed by atoms with Crippen LogP contribution in [0.4, 0.5) is 5.82 Å². The molecule has 4 rings (SSSR count). The van der Waals surface area contributed by atoms with Crippen LogP contribution in [0, 0.1) is 0 Å². The highest BCUT2D eigenvalue weighted by molar-refractivity contribution is 6.02. The quantitative estimate of drug-likeness (QED) is 0.609. The first-order valence-electron chi connectivity index (χ1n) is 10.1. The van der Waals surface area contributed by atoms with Gasteiger partial charge >= 0.3 is 0 Å². The molecule has 0 saturated heterocycles. The van der Waals surface area contributed by atoms with Crippen LogP contribution in [-0.2, 0) is 18.3 Å². The second-order valence-corrected chi connectivity index (χ2v) is 7.96. The van der Waals surface area contributed by atoms with E-state index >= 15 is 0 Å². The number of hydrogen-bond acceptors (Lipinski definition) is 6. The molecule has 3 aromatic rings. The molecule has 1 aromatic carbocycles. The van der Waals surface area contributed by atoms with Gasteiger partial charge in [0, 0.05) is 38.5 Å². The number of fused-ring (bicyclic) bond motifs is 1. The predicted molar refractivity (Wildman–Crippen MR) is 118 cm³/mol. The Labute approximate surface area is 181 Å². The summed E-state index contributed by atoms with van der Waals surface area (Å²) in [5.74, 6) is 0.953. The number of carbonyl (C=O) groups excluding carboxylic acids is 1. The highest BCUT2D eigenvalue weighted by Crippen LogP contribution is 2.31. The Morgan fingerprint density at radius 3 is 2.74 bits per heavy atom. The largest absolute Gasteiger partial charge is 0.469 e. The van der Waals surface area contributed by atoms with Crippen molar-refractivity contribution in [2.24, 2.45) is 7.05 Å². The number of amides is 1. The second kappa shape index (κ2) is 8.65. The van der Waals surface area contributed by atoms with Crippen LogP contribution in [0.3, 0.4) is 0 Å². The van der Waals surface area contributed by atoms with Crippen molar-refractivity contribution in [1.29, 1.82) is 0 Å². The number of nitrogens with one attached hydrogen (secondary N) is 2. The number of aromatic nitrogens is 4. The van der Waals surface area contributed by atoms with Gasteiger partial charge in [0.25, 0.3) is 5.91 Å². The van der Waals surface area contributed by atoms with Crippen molar-refractivity contribution in [3.05, 3.63) is 71.3 Å². The fourth-order valence-electron chi connectivity index (χ4n) is 3.49. The van der Waals surface area contributed by atoms with Crippen molar-refractivity contribution in [2.75, 3.05) is 33.0 Å². The average molecular weight is 422 g/mol. The number of imidazole rings is 1. The van der Waals surface area contributed by atoms with Crippen LogP contribution in [-0.4, -0.2) is 63.1 Å². The number of nitrogens with zero attached hydrogens (tertiary/aromatic N) is 5. The Hall–Kier alpha value is -3.59. The van der Waals surface area contributed by atoms with E-state index in [1.807, 2.05) is 57.4 Å². The molecule has 0 bridgehead atoms. The number of H-pyrrole nitrogens is 1. The van der Waals surface area contributed by atoms with Crippen molar-refractivity contribution in [1.82, 2.24) is 29.5 Å². The molecule has 0 radical (unpaired) electrons. The minimum Gasteiger partial charge on any atom is -0.469 e. The first-order chi connectivity index (χ1) is 14.9. The van der Waals surface area contributed by atoms with E-state index in [1.54, 1.807) is 17.1 Å². The molecule has 0 aliphatic carbocycles. The van der Waals surface area contributed by atoms with E-state index in [9.17, 15) is 4.79 Å². The number of aryl methyl sites for hydroxylation is 1. The van der Waals surface area contributed by atoms with Gasteiger partial charge in [0.15, 0.2) is 11.7 Å². The highest BCUT2D eigenvalue weighted by Gasteiger charge is 2.26. The minimum atomic E-state index is -0.293. The molecule has 31 heavy (non-hydrogen) atoms. The highest BCUT2D eigenvalue weighted by atomic mass is 16.5. The topological polar surface area (TPSA) is 91.3 Å². The molecule has 1 atom stereocenters. The van der Waals surface area contributed by atoms with E-state index in [1.165, 1.54) is 0 Å². The van der Waals surface area contributed by atoms with E-state index in [4.69, 9.17) is 4.74 Å². The summed E-state index contributed by atoms with van der Waals surface area (Å²) in [6.07, 6.45) is 5.07. The monoisotopic (exact) mass is 421 g/mol. The number of carbonyl (C=O) groups is 1. The number of aromatic amines is 1. The van der Waals surface area contributed by atoms with E-state index < -0.39 is 0 Å². The zero-order valence-corrected chi connectivity index (χ0v) is 18.2. The van der Waals surface area contributed by atoms with Gasteiger partial charge in [0.05, 0.1) is 18.6 Å². The predicted octanol–water partition coefficient (Wildman–Crippen LogP) is 2.46. The second-order valence-electron chi connectivity index (χ2n) is 7.96. The number of anilines is 1. The molecule has 2 aromatic heterocycles. The molecule has 0 saturated carbocycles. The summed E-state index contributed by atoms with van der Waals surface area (Å²) < 4.78 is 8.15. The number of benzene rings is 1. The maximum Gasteiger partial charge on any atom is 0.277 e. The van der Waals surface area contributed by atoms with Crippen LogP contribution >= 0.6 is 0 Å². The summed E-state index contributed by atoms with van der Waals surface area (Å²) in [7, 11) is 7.84. The molecule has 0 unspecified atom stereocenters. The Kier molecular flexibility index (Phi) is 5.77. The van der Waals surface area contributed by atoms with Crippen molar-refractivity contribution in [3.63, 3.8) is 0 Å². The lowest BCUT2D eigenvalue weighted by atomic mass is 10.1. The molecular formula is C22H27N7O2. The third-order valence-corrected chi connectivity index (χ3v) is 5.07. The minimum absolute atomic E-state index is 0.113. The summed E-state index contributed by atoms with van der Waals surface area (Å²) >= 11 is 0. The lowest BCUT2D eigenvalue weighted by Crippen LogP contribution is -2.28. The number of rotatable bonds is 7. The summed E-state index contributed by atoms with van der Waals surface area (Å²) in [5, 5.41) is 10.2. The molecule has 3 heterocycles. The standard InChI is InChI=1S/C22H27N7O2/c1-27(2)13-19(15-8-6-5-7-9-15)31-20-10-17-16(11-29(20)4)21(26-25-17)24-22(30)18-12-28(3)14-23-18/h5-10,12,14,19H,11,13H2,1-4H3,(H2,24,25,26,30)/t19-/m1/s1. The van der Waals surface area contributed by atoms with Gasteiger partial charge in [-0.1, -0.05) is 30.3 Å². The zero-order valence-electron chi connectivity index (χ0n) is 18.2. The molecule has 1 aliphatic heterocycles. The Bertz CT molecular complexity index is 1080. The fraction of sp³-hybridized carbons (Fsp3) is 0.318. The van der Waals surface area contributed by atoms with Gasteiger partial charge in [0.1, 0.15) is 11.8 Å². The molecule has 0 fully saturated rings. The molecule has 2 N–H and O–H groups in total. The first-order valence-corrected chi connectivity index (χ1v) is 10.1. The average Bonchev–Trinajstić information content (AvgIpc) is 3.34. The van der Waals surface area contributed by atoms with Gasteiger partial charge < -0.3 is 24.4 Å². The number of ether oxygens (including phenoxy) is 1. The van der Waals surface area contributed by atoms with Crippen LogP contribution in [0.25, 0.3) is 6.08 Å². The zero-order chi connectivity index (χ0) is 22.0. The molecule has 9 heteroatoms. The maximum absolute atomic E-state index is 12.5. The molecule has 162 valence electrons. The SMILES string of the molecule is CN(C)C[C@@H](OC1=Cc2[nH]nc(NC(=O)c3cn(C)cn3)c2CN1C)c1ccccc1. The molecule has 1 amide bonds. The van der Waals surface area contributed by atoms with Crippen molar-refractivity contribution in [3.8, 4) is 0 Å². The van der Waals surface area contributed by atoms with Crippen LogP contribution in [0.2, 0.25) is 0 Å². The maximum atomic E-state index is 12.5. The lowest BCUT2D eigenvalue weighted by molar-refractivity contribution is 0.0415. The van der Waals surface area contributed by atoms with Crippen molar-refractivity contribution in [2.45, 2.75) is 12.6 Å². The van der Waals surface area contributed by atoms with Gasteiger partial charge in [-0.15, -0.1) is 0 Å². The summed E-state index contributed by atoms with van der Waals surface area (Å²) in [6.45, 7) is 1.30. The van der Waals surface area contributed by atoms with Gasteiger partial charge in [-0.3, -0.25) is 9.89 Å². The summed E-state index contributed by atoms with van der Waals surface area (Å²) in [4.78, 5) is 20.7. The normalized spacial score (nSPS) is 14.2. The first kappa shape index (κ1) is 20.7. The number of likely N-dealkylation sites (N-methyl/N-ethyl adjacent to an activating group) is 1. The van der Waals surface area contributed by atoms with Crippen LogP contribution < -0.4 is 5.32 Å². The Morgan fingerprint density at radius 2 is 2.06 bits per heavy atom. The van der Waals surface area contributed by atoms with Crippen LogP contribution in [0.5, 0.6) is 0 Å². The summed E-state index contributed by atoms with van der Waals surface area (Å²) in [6, 6.07) is 10.2. The van der Waals surface area contributed by atoms with Gasteiger partial charge in [-0.2, -0.15) is 5.10 Å². The fourth-order valence-corrected chi connectivity index (χ4v) is 3.49. The molecule has 9 nitrogen and oxygen atoms in total. The van der Waals surface area contributed by atoms with E-state index in [-0.39, 0.29) is 12.0 Å². The van der Waals surface area contributed by atoms with E-state index in [0.29, 0.717) is 18.1 Å². The van der Waals surface area contributed by atoms with Gasteiger partial charge in [-0.05, 0) is 19.7 Å². The van der Waals surface area contributed by atoms with E-state index in [0.717, 1.165) is 29.2 Å². The molecular weight excluding hydrogens is 394 g/mol. The molecule has 1 aliphatic rings. The van der Waals surface area contributed by atoms with E-state index in [2.05, 4.69) is 37.5 Å². The Balaban J connectivity index is 1.54. The molecule has 0 spiro atoms. The van der Waals surface area contributed by atoms with Gasteiger partial charge in [0.2, 0.25) is 0 Å². The van der Waals surface area contributed by atoms with Gasteiger partial charge in [-0.25, -0.2) is 4.98 Å². The Morgan fingerprint density at radius 1 is 1.29 bits per heavy atom. The van der Waals surface area contributed by atoms with Crippen molar-refractivity contribution >= 4 is 17.8 Å². The lowest BCUT2D eigenvalue weighted by Gasteiger charge is -2.31. The smallest absolute Gasteiger partial charge is 0.277 e. The van der Waals surface area contributed by atoms with Crippen LogP contribution in [0.15, 0.2) is 48.7 Å².